The SMILES string of the molecule is CCOC(=O)c1sc(N2CCOCC2)cc1Cc1ccc(Cl)cc1. The normalized spacial score (nSPS) is 14.7. The number of nitrogens with zero attached hydrogens (tertiary/aromatic N) is 1. The first-order chi connectivity index (χ1) is 11.7. The highest BCUT2D eigenvalue weighted by Gasteiger charge is 2.21. The molecule has 0 atom stereocenters. The Morgan fingerprint density at radius 2 is 2.00 bits per heavy atom. The van der Waals surface area contributed by atoms with Crippen molar-refractivity contribution in [2.24, 2.45) is 0 Å². The van der Waals surface area contributed by atoms with Crippen molar-refractivity contribution in [2.45, 2.75) is 13.3 Å². The number of rotatable bonds is 5. The van der Waals surface area contributed by atoms with E-state index in [1.54, 1.807) is 0 Å². The van der Waals surface area contributed by atoms with E-state index in [-0.39, 0.29) is 5.97 Å². The van der Waals surface area contributed by atoms with Crippen LogP contribution in [0.2, 0.25) is 5.02 Å². The summed E-state index contributed by atoms with van der Waals surface area (Å²) in [6.45, 7) is 5.35. The van der Waals surface area contributed by atoms with Gasteiger partial charge in [-0.3, -0.25) is 0 Å². The number of carbonyl (C=O) groups is 1. The van der Waals surface area contributed by atoms with Crippen molar-refractivity contribution < 1.29 is 14.3 Å². The van der Waals surface area contributed by atoms with Gasteiger partial charge in [0.25, 0.3) is 0 Å². The predicted molar refractivity (Wildman–Crippen MR) is 97.6 cm³/mol. The molecule has 2 aromatic rings. The molecule has 1 aromatic heterocycles. The molecule has 6 heteroatoms. The topological polar surface area (TPSA) is 38.8 Å². The Hall–Kier alpha value is -1.56. The third-order valence-corrected chi connectivity index (χ3v) is 5.36. The molecule has 0 saturated carbocycles. The first kappa shape index (κ1) is 17.3. The van der Waals surface area contributed by atoms with Crippen LogP contribution in [0.25, 0.3) is 0 Å². The molecule has 4 nitrogen and oxygen atoms in total. The number of hydrogen-bond donors (Lipinski definition) is 0. The summed E-state index contributed by atoms with van der Waals surface area (Å²) >= 11 is 7.46. The summed E-state index contributed by atoms with van der Waals surface area (Å²) in [6, 6.07) is 9.83. The van der Waals surface area contributed by atoms with Crippen LogP contribution in [0.5, 0.6) is 0 Å². The fourth-order valence-corrected chi connectivity index (χ4v) is 3.93. The van der Waals surface area contributed by atoms with Crippen LogP contribution in [0.3, 0.4) is 0 Å². The van der Waals surface area contributed by atoms with Crippen molar-refractivity contribution in [3.8, 4) is 0 Å². The molecule has 1 aliphatic rings. The average molecular weight is 366 g/mol. The quantitative estimate of drug-likeness (QED) is 0.750. The second-order valence-corrected chi connectivity index (χ2v) is 7.03. The molecule has 0 amide bonds. The van der Waals surface area contributed by atoms with Crippen molar-refractivity contribution in [1.29, 1.82) is 0 Å². The fraction of sp³-hybridized carbons (Fsp3) is 0.389. The van der Waals surface area contributed by atoms with Gasteiger partial charge in [-0.05, 0) is 42.7 Å². The monoisotopic (exact) mass is 365 g/mol. The molecule has 0 spiro atoms. The minimum Gasteiger partial charge on any atom is -0.462 e. The van der Waals surface area contributed by atoms with E-state index in [0.717, 1.165) is 42.4 Å². The zero-order valence-electron chi connectivity index (χ0n) is 13.6. The van der Waals surface area contributed by atoms with Gasteiger partial charge in [-0.1, -0.05) is 23.7 Å². The van der Waals surface area contributed by atoms with Gasteiger partial charge in [0.2, 0.25) is 0 Å². The van der Waals surface area contributed by atoms with E-state index in [2.05, 4.69) is 11.0 Å². The average Bonchev–Trinajstić information content (AvgIpc) is 3.02. The van der Waals surface area contributed by atoms with Crippen LogP contribution in [-0.2, 0) is 15.9 Å². The van der Waals surface area contributed by atoms with Crippen molar-refractivity contribution in [3.05, 3.63) is 51.4 Å². The van der Waals surface area contributed by atoms with Gasteiger partial charge in [-0.25, -0.2) is 4.79 Å². The Bertz CT molecular complexity index is 693. The van der Waals surface area contributed by atoms with Gasteiger partial charge in [0.05, 0.1) is 24.8 Å². The molecule has 0 bridgehead atoms. The van der Waals surface area contributed by atoms with Gasteiger partial charge in [0.15, 0.2) is 0 Å². The molecule has 3 rings (SSSR count). The van der Waals surface area contributed by atoms with Gasteiger partial charge >= 0.3 is 5.97 Å². The maximum absolute atomic E-state index is 12.3. The lowest BCUT2D eigenvalue weighted by Crippen LogP contribution is -2.35. The van der Waals surface area contributed by atoms with E-state index < -0.39 is 0 Å². The van der Waals surface area contributed by atoms with Crippen LogP contribution in [-0.4, -0.2) is 38.9 Å². The molecular weight excluding hydrogens is 346 g/mol. The minimum absolute atomic E-state index is 0.244. The summed E-state index contributed by atoms with van der Waals surface area (Å²) in [5.41, 5.74) is 2.12. The number of morpholine rings is 1. The lowest BCUT2D eigenvalue weighted by molar-refractivity contribution is 0.0531. The molecule has 1 aliphatic heterocycles. The zero-order valence-corrected chi connectivity index (χ0v) is 15.2. The van der Waals surface area contributed by atoms with Gasteiger partial charge < -0.3 is 14.4 Å². The second kappa shape index (κ2) is 8.01. The van der Waals surface area contributed by atoms with E-state index in [0.29, 0.717) is 22.9 Å². The maximum Gasteiger partial charge on any atom is 0.348 e. The molecule has 1 saturated heterocycles. The third kappa shape index (κ3) is 4.09. The van der Waals surface area contributed by atoms with Crippen molar-refractivity contribution in [1.82, 2.24) is 0 Å². The van der Waals surface area contributed by atoms with E-state index in [1.165, 1.54) is 11.3 Å². The smallest absolute Gasteiger partial charge is 0.348 e. The molecular formula is C18H20ClNO3S. The molecule has 0 radical (unpaired) electrons. The van der Waals surface area contributed by atoms with E-state index in [9.17, 15) is 4.79 Å². The van der Waals surface area contributed by atoms with E-state index in [1.807, 2.05) is 31.2 Å². The molecule has 1 fully saturated rings. The van der Waals surface area contributed by atoms with E-state index in [4.69, 9.17) is 21.1 Å². The standard InChI is InChI=1S/C18H20ClNO3S/c1-2-23-18(21)17-14(11-13-3-5-15(19)6-4-13)12-16(24-17)20-7-9-22-10-8-20/h3-6,12H,2,7-11H2,1H3. The first-order valence-corrected chi connectivity index (χ1v) is 9.23. The largest absolute Gasteiger partial charge is 0.462 e. The molecule has 0 N–H and O–H groups in total. The third-order valence-electron chi connectivity index (χ3n) is 3.89. The summed E-state index contributed by atoms with van der Waals surface area (Å²) in [4.78, 5) is 15.3. The number of benzene rings is 1. The number of hydrogen-bond acceptors (Lipinski definition) is 5. The van der Waals surface area contributed by atoms with Crippen LogP contribution in [0.15, 0.2) is 30.3 Å². The molecule has 2 heterocycles. The second-order valence-electron chi connectivity index (χ2n) is 5.56. The van der Waals surface area contributed by atoms with Gasteiger partial charge in [-0.2, -0.15) is 0 Å². The first-order valence-electron chi connectivity index (χ1n) is 8.04. The summed E-state index contributed by atoms with van der Waals surface area (Å²) in [6.07, 6.45) is 0.687. The van der Waals surface area contributed by atoms with Crippen molar-refractivity contribution >= 4 is 33.9 Å². The Balaban J connectivity index is 1.87. The molecule has 24 heavy (non-hydrogen) atoms. The van der Waals surface area contributed by atoms with Gasteiger partial charge in [0.1, 0.15) is 4.88 Å². The lowest BCUT2D eigenvalue weighted by Gasteiger charge is -2.27. The molecule has 128 valence electrons. The van der Waals surface area contributed by atoms with Crippen LogP contribution < -0.4 is 4.90 Å². The Morgan fingerprint density at radius 3 is 2.67 bits per heavy atom. The summed E-state index contributed by atoms with van der Waals surface area (Å²) in [5.74, 6) is -0.244. The van der Waals surface area contributed by atoms with Crippen LogP contribution in [0, 0.1) is 0 Å². The number of thiophene rings is 1. The minimum atomic E-state index is -0.244. The summed E-state index contributed by atoms with van der Waals surface area (Å²) < 4.78 is 10.6. The molecule has 1 aromatic carbocycles. The number of ether oxygens (including phenoxy) is 2. The fourth-order valence-electron chi connectivity index (χ4n) is 2.68. The van der Waals surface area contributed by atoms with Crippen LogP contribution in [0.4, 0.5) is 5.00 Å². The Morgan fingerprint density at radius 1 is 1.29 bits per heavy atom. The van der Waals surface area contributed by atoms with Crippen molar-refractivity contribution in [3.63, 3.8) is 0 Å². The van der Waals surface area contributed by atoms with Crippen molar-refractivity contribution in [2.75, 3.05) is 37.8 Å². The highest BCUT2D eigenvalue weighted by atomic mass is 35.5. The van der Waals surface area contributed by atoms with E-state index >= 15 is 0 Å². The molecule has 0 aliphatic carbocycles. The number of halogens is 1. The Kier molecular flexibility index (Phi) is 5.76. The number of anilines is 1. The van der Waals surface area contributed by atoms with Gasteiger partial charge in [-0.15, -0.1) is 11.3 Å². The zero-order chi connectivity index (χ0) is 16.9. The highest BCUT2D eigenvalue weighted by Crippen LogP contribution is 2.33. The maximum atomic E-state index is 12.3. The van der Waals surface area contributed by atoms with Crippen LogP contribution >= 0.6 is 22.9 Å². The Labute approximate surface area is 150 Å². The van der Waals surface area contributed by atoms with Gasteiger partial charge in [0, 0.05) is 18.1 Å². The number of carbonyl (C=O) groups excluding carboxylic acids is 1. The lowest BCUT2D eigenvalue weighted by atomic mass is 10.1. The summed E-state index contributed by atoms with van der Waals surface area (Å²) in [5, 5.41) is 1.81. The van der Waals surface area contributed by atoms with Crippen LogP contribution in [0.1, 0.15) is 27.7 Å². The molecule has 0 unspecified atom stereocenters. The summed E-state index contributed by atoms with van der Waals surface area (Å²) in [7, 11) is 0. The highest BCUT2D eigenvalue weighted by molar-refractivity contribution is 7.18. The number of esters is 1. The predicted octanol–water partition coefficient (Wildman–Crippen LogP) is 4.01.